The average Bonchev–Trinajstić information content (AvgIpc) is 2.98. The lowest BCUT2D eigenvalue weighted by Gasteiger charge is -2.08. The highest BCUT2D eigenvalue weighted by Gasteiger charge is 2.17. The fraction of sp³-hybridized carbons (Fsp3) is 0.263. The molecule has 0 fully saturated rings. The Kier molecular flexibility index (Phi) is 4.05. The largest absolute Gasteiger partial charge is 0.369 e. The summed E-state index contributed by atoms with van der Waals surface area (Å²) in [5.41, 5.74) is 4.18. The third kappa shape index (κ3) is 2.82. The van der Waals surface area contributed by atoms with Crippen LogP contribution >= 0.6 is 11.3 Å². The Balaban J connectivity index is 2.04. The molecule has 0 saturated carbocycles. The van der Waals surface area contributed by atoms with Crippen LogP contribution in [0.25, 0.3) is 31.8 Å². The van der Waals surface area contributed by atoms with Gasteiger partial charge in [-0.15, -0.1) is 11.3 Å². The van der Waals surface area contributed by atoms with E-state index in [0.717, 1.165) is 50.5 Å². The predicted octanol–water partition coefficient (Wildman–Crippen LogP) is 4.74. The molecule has 0 unspecified atom stereocenters. The molecule has 6 heteroatoms. The topological polar surface area (TPSA) is 63.6 Å². The molecule has 4 rings (SSSR count). The summed E-state index contributed by atoms with van der Waals surface area (Å²) in [5.74, 6) is 1.60. The first kappa shape index (κ1) is 15.9. The van der Waals surface area contributed by atoms with E-state index in [1.165, 1.54) is 5.56 Å². The number of pyridine rings is 2. The van der Waals surface area contributed by atoms with Gasteiger partial charge in [-0.1, -0.05) is 6.92 Å². The molecule has 0 radical (unpaired) electrons. The third-order valence-electron chi connectivity index (χ3n) is 4.09. The molecule has 0 aliphatic rings. The van der Waals surface area contributed by atoms with Crippen LogP contribution in [0.3, 0.4) is 0 Å². The van der Waals surface area contributed by atoms with Gasteiger partial charge in [-0.25, -0.2) is 15.0 Å². The van der Waals surface area contributed by atoms with Crippen molar-refractivity contribution in [3.05, 3.63) is 41.9 Å². The molecule has 25 heavy (non-hydrogen) atoms. The zero-order chi connectivity index (χ0) is 17.4. The molecular formula is C19H19N5S. The molecular weight excluding hydrogens is 330 g/mol. The summed E-state index contributed by atoms with van der Waals surface area (Å²) in [6.07, 6.45) is 4.57. The number of anilines is 1. The molecule has 126 valence electrons. The summed E-state index contributed by atoms with van der Waals surface area (Å²) in [5, 5.41) is 4.59. The van der Waals surface area contributed by atoms with E-state index in [9.17, 15) is 0 Å². The van der Waals surface area contributed by atoms with Crippen molar-refractivity contribution in [3.63, 3.8) is 0 Å². The van der Waals surface area contributed by atoms with Gasteiger partial charge < -0.3 is 5.32 Å². The monoisotopic (exact) mass is 349 g/mol. The van der Waals surface area contributed by atoms with Crippen LogP contribution in [-0.2, 0) is 0 Å². The van der Waals surface area contributed by atoms with Crippen molar-refractivity contribution in [2.45, 2.75) is 27.2 Å². The number of rotatable bonds is 4. The normalized spacial score (nSPS) is 11.3. The highest BCUT2D eigenvalue weighted by molar-refractivity contribution is 7.26. The molecule has 0 aliphatic carbocycles. The van der Waals surface area contributed by atoms with Crippen molar-refractivity contribution in [2.75, 3.05) is 11.9 Å². The summed E-state index contributed by atoms with van der Waals surface area (Å²) in [4.78, 5) is 19.5. The molecule has 5 nitrogen and oxygen atoms in total. The minimum Gasteiger partial charge on any atom is -0.369 e. The van der Waals surface area contributed by atoms with Gasteiger partial charge in [-0.2, -0.15) is 0 Å². The molecule has 0 atom stereocenters. The smallest absolute Gasteiger partial charge is 0.162 e. The van der Waals surface area contributed by atoms with Gasteiger partial charge in [0, 0.05) is 35.6 Å². The van der Waals surface area contributed by atoms with Crippen LogP contribution in [-0.4, -0.2) is 26.5 Å². The number of fused-ring (bicyclic) bond motifs is 3. The van der Waals surface area contributed by atoms with E-state index in [-0.39, 0.29) is 0 Å². The van der Waals surface area contributed by atoms with Crippen LogP contribution < -0.4 is 5.32 Å². The average molecular weight is 349 g/mol. The number of nitrogens with zero attached hydrogens (tertiary/aromatic N) is 4. The van der Waals surface area contributed by atoms with Gasteiger partial charge in [-0.3, -0.25) is 4.98 Å². The number of aryl methyl sites for hydroxylation is 2. The first-order valence-corrected chi connectivity index (χ1v) is 9.21. The molecule has 0 saturated heterocycles. The van der Waals surface area contributed by atoms with E-state index in [2.05, 4.69) is 30.2 Å². The van der Waals surface area contributed by atoms with Gasteiger partial charge >= 0.3 is 0 Å². The second-order valence-electron chi connectivity index (χ2n) is 6.10. The zero-order valence-corrected chi connectivity index (χ0v) is 15.3. The lowest BCUT2D eigenvalue weighted by molar-refractivity contribution is 0.971. The number of hydrogen-bond acceptors (Lipinski definition) is 6. The minimum atomic E-state index is 0.716. The Morgan fingerprint density at radius 3 is 2.64 bits per heavy atom. The maximum absolute atomic E-state index is 4.88. The minimum absolute atomic E-state index is 0.716. The fourth-order valence-corrected chi connectivity index (χ4v) is 4.17. The molecule has 4 aromatic heterocycles. The molecule has 4 aromatic rings. The highest BCUT2D eigenvalue weighted by Crippen LogP contribution is 2.38. The Morgan fingerprint density at radius 2 is 1.88 bits per heavy atom. The molecule has 4 heterocycles. The van der Waals surface area contributed by atoms with E-state index >= 15 is 0 Å². The van der Waals surface area contributed by atoms with Crippen LogP contribution in [0.2, 0.25) is 0 Å². The van der Waals surface area contributed by atoms with Gasteiger partial charge in [0.15, 0.2) is 5.82 Å². The first-order valence-electron chi connectivity index (χ1n) is 8.40. The van der Waals surface area contributed by atoms with E-state index < -0.39 is 0 Å². The van der Waals surface area contributed by atoms with Crippen LogP contribution in [0.4, 0.5) is 5.82 Å². The number of aromatic nitrogens is 4. The number of hydrogen-bond donors (Lipinski definition) is 1. The second kappa shape index (κ2) is 6.37. The zero-order valence-electron chi connectivity index (χ0n) is 14.5. The summed E-state index contributed by atoms with van der Waals surface area (Å²) in [6.45, 7) is 7.18. The van der Waals surface area contributed by atoms with Crippen LogP contribution in [0.1, 0.15) is 24.6 Å². The van der Waals surface area contributed by atoms with Gasteiger partial charge in [0.2, 0.25) is 0 Å². The van der Waals surface area contributed by atoms with Crippen molar-refractivity contribution in [3.8, 4) is 11.4 Å². The first-order chi connectivity index (χ1) is 12.2. The summed E-state index contributed by atoms with van der Waals surface area (Å²) in [6, 6.07) is 5.99. The number of thiophene rings is 1. The van der Waals surface area contributed by atoms with Gasteiger partial charge in [0.25, 0.3) is 0 Å². The summed E-state index contributed by atoms with van der Waals surface area (Å²) in [7, 11) is 0. The Labute approximate surface area is 150 Å². The van der Waals surface area contributed by atoms with Gasteiger partial charge in [0.1, 0.15) is 10.6 Å². The van der Waals surface area contributed by atoms with Gasteiger partial charge in [0.05, 0.1) is 10.2 Å². The third-order valence-corrected chi connectivity index (χ3v) is 5.17. The van der Waals surface area contributed by atoms with Crippen molar-refractivity contribution in [2.24, 2.45) is 0 Å². The predicted molar refractivity (Wildman–Crippen MR) is 104 cm³/mol. The lowest BCUT2D eigenvalue weighted by atomic mass is 10.1. The maximum atomic E-state index is 4.88. The maximum Gasteiger partial charge on any atom is 0.162 e. The summed E-state index contributed by atoms with van der Waals surface area (Å²) >= 11 is 1.66. The Hall–Kier alpha value is -2.60. The quantitative estimate of drug-likeness (QED) is 0.576. The van der Waals surface area contributed by atoms with Crippen molar-refractivity contribution >= 4 is 37.6 Å². The van der Waals surface area contributed by atoms with Crippen molar-refractivity contribution in [1.29, 1.82) is 0 Å². The van der Waals surface area contributed by atoms with Crippen LogP contribution in [0, 0.1) is 13.8 Å². The lowest BCUT2D eigenvalue weighted by Crippen LogP contribution is -2.04. The Morgan fingerprint density at radius 1 is 1.08 bits per heavy atom. The number of nitrogens with one attached hydrogen (secondary N) is 1. The van der Waals surface area contributed by atoms with Gasteiger partial charge in [-0.05, 0) is 44.0 Å². The van der Waals surface area contributed by atoms with E-state index in [1.54, 1.807) is 23.7 Å². The molecule has 0 amide bonds. The molecule has 0 aromatic carbocycles. The molecule has 1 N–H and O–H groups in total. The van der Waals surface area contributed by atoms with Crippen LogP contribution in [0.5, 0.6) is 0 Å². The highest BCUT2D eigenvalue weighted by atomic mass is 32.1. The van der Waals surface area contributed by atoms with E-state index in [1.807, 2.05) is 19.1 Å². The van der Waals surface area contributed by atoms with E-state index in [0.29, 0.717) is 5.82 Å². The SMILES string of the molecule is CCCNc1nc(-c2ccncc2)nc2c1sc1nc(C)cc(C)c12. The molecule has 0 bridgehead atoms. The molecule has 0 spiro atoms. The standard InChI is InChI=1S/C19H19N5S/c1-4-7-21-18-16-15(14-11(2)10-12(3)22-19(14)25-16)23-17(24-18)13-5-8-20-9-6-13/h5-6,8-10H,4,7H2,1-3H3,(H,21,23,24). The van der Waals surface area contributed by atoms with E-state index in [4.69, 9.17) is 15.0 Å². The fourth-order valence-electron chi connectivity index (χ4n) is 2.97. The van der Waals surface area contributed by atoms with Crippen molar-refractivity contribution < 1.29 is 0 Å². The van der Waals surface area contributed by atoms with Crippen LogP contribution in [0.15, 0.2) is 30.6 Å². The van der Waals surface area contributed by atoms with Crippen molar-refractivity contribution in [1.82, 2.24) is 19.9 Å². The summed E-state index contributed by atoms with van der Waals surface area (Å²) < 4.78 is 1.07. The Bertz CT molecular complexity index is 1060. The molecule has 0 aliphatic heterocycles. The second-order valence-corrected chi connectivity index (χ2v) is 7.10.